The maximum absolute atomic E-state index is 6.37. The Morgan fingerprint density at radius 3 is 2.50 bits per heavy atom. The number of allylic oxidation sites excluding steroid dienone is 3. The van der Waals surface area contributed by atoms with E-state index in [9.17, 15) is 0 Å². The highest BCUT2D eigenvalue weighted by Gasteiger charge is 2.23. The Morgan fingerprint density at radius 2 is 1.88 bits per heavy atom. The van der Waals surface area contributed by atoms with Gasteiger partial charge in [-0.25, -0.2) is 4.99 Å². The highest BCUT2D eigenvalue weighted by atomic mass is 35.5. The predicted molar refractivity (Wildman–Crippen MR) is 144 cm³/mol. The molecule has 2 saturated carbocycles. The molecule has 0 bridgehead atoms. The summed E-state index contributed by atoms with van der Waals surface area (Å²) in [6, 6.07) is 10.4. The van der Waals surface area contributed by atoms with E-state index in [1.165, 1.54) is 48.1 Å². The number of hydrogen-bond acceptors (Lipinski definition) is 7. The summed E-state index contributed by atoms with van der Waals surface area (Å²) in [7, 11) is 0. The predicted octanol–water partition coefficient (Wildman–Crippen LogP) is 5.46. The molecule has 0 radical (unpaired) electrons. The molecule has 0 unspecified atom stereocenters. The van der Waals surface area contributed by atoms with Crippen molar-refractivity contribution in [3.05, 3.63) is 75.2 Å². The summed E-state index contributed by atoms with van der Waals surface area (Å²) in [6.07, 6.45) is 10.3. The van der Waals surface area contributed by atoms with Gasteiger partial charge in [0.25, 0.3) is 0 Å². The molecule has 0 spiro atoms. The molecule has 6 nitrogen and oxygen atoms in total. The average Bonchev–Trinajstić information content (AvgIpc) is 3.20. The zero-order valence-electron chi connectivity index (χ0n) is 19.2. The topological polar surface area (TPSA) is 86.5 Å². The third-order valence-corrected chi connectivity index (χ3v) is 7.70. The molecule has 6 N–H and O–H groups in total. The lowest BCUT2D eigenvalue weighted by molar-refractivity contribution is 0.404. The zero-order chi connectivity index (χ0) is 23.3. The van der Waals surface area contributed by atoms with E-state index in [0.717, 1.165) is 48.1 Å². The van der Waals surface area contributed by atoms with Crippen molar-refractivity contribution < 1.29 is 0 Å². The van der Waals surface area contributed by atoms with Gasteiger partial charge < -0.3 is 27.0 Å². The van der Waals surface area contributed by atoms with Gasteiger partial charge in [0, 0.05) is 35.9 Å². The van der Waals surface area contributed by atoms with Crippen molar-refractivity contribution in [1.29, 1.82) is 0 Å². The molecule has 1 aliphatic heterocycles. The third-order valence-electron chi connectivity index (χ3n) is 6.54. The Kier molecular flexibility index (Phi) is 7.23. The van der Waals surface area contributed by atoms with Gasteiger partial charge in [-0.2, -0.15) is 0 Å². The molecule has 1 aromatic heterocycles. The van der Waals surface area contributed by atoms with Crippen molar-refractivity contribution >= 4 is 45.5 Å². The number of halogens is 1. The van der Waals surface area contributed by atoms with Crippen molar-refractivity contribution in [3.63, 3.8) is 0 Å². The van der Waals surface area contributed by atoms with Crippen LogP contribution in [-0.4, -0.2) is 25.3 Å². The van der Waals surface area contributed by atoms with Gasteiger partial charge in [0.1, 0.15) is 10.8 Å². The molecule has 3 aliphatic rings. The monoisotopic (exact) mass is 494 g/mol. The normalized spacial score (nSPS) is 18.2. The Bertz CT molecular complexity index is 1150. The minimum absolute atomic E-state index is 0.523. The molecule has 34 heavy (non-hydrogen) atoms. The number of nitrogens with two attached hydrogens (primary N) is 1. The summed E-state index contributed by atoms with van der Waals surface area (Å²) in [4.78, 5) is 4.72. The molecular weight excluding hydrogens is 464 g/mol. The van der Waals surface area contributed by atoms with E-state index < -0.39 is 0 Å². The maximum atomic E-state index is 6.37. The molecule has 178 valence electrons. The minimum atomic E-state index is 0.523. The standard InChI is InChI=1S/C26H31ClN6S/c27-22-9-1-2-10-23(22)33-26(18-7-4-8-18)32-20(12-28)15-30-24-11-19(16-34-24)25(17-5-3-6-17)31-21-13-29-14-21/h1-2,9-12,15-16,21,29,31-33H,3-8,13-14,28H2. The van der Waals surface area contributed by atoms with Gasteiger partial charge in [-0.15, -0.1) is 11.3 Å². The van der Waals surface area contributed by atoms with E-state index in [1.807, 2.05) is 24.3 Å². The van der Waals surface area contributed by atoms with Crippen LogP contribution in [0.2, 0.25) is 5.02 Å². The van der Waals surface area contributed by atoms with Gasteiger partial charge in [0.2, 0.25) is 0 Å². The molecule has 0 amide bonds. The summed E-state index contributed by atoms with van der Waals surface area (Å²) < 4.78 is 0. The van der Waals surface area contributed by atoms with Crippen molar-refractivity contribution in [2.24, 2.45) is 10.7 Å². The number of benzene rings is 1. The van der Waals surface area contributed by atoms with Gasteiger partial charge in [-0.3, -0.25) is 0 Å². The number of nitrogens with one attached hydrogen (secondary N) is 4. The number of nitrogens with zero attached hydrogens (tertiary/aromatic N) is 1. The van der Waals surface area contributed by atoms with Crippen LogP contribution in [0.3, 0.4) is 0 Å². The number of aliphatic imine (C=N–C) groups is 1. The van der Waals surface area contributed by atoms with E-state index in [4.69, 9.17) is 22.3 Å². The molecule has 8 heteroatoms. The number of anilines is 1. The molecule has 1 saturated heterocycles. The van der Waals surface area contributed by atoms with Crippen LogP contribution in [0, 0.1) is 0 Å². The van der Waals surface area contributed by atoms with Gasteiger partial charge in [-0.05, 0) is 67.9 Å². The lowest BCUT2D eigenvalue weighted by Gasteiger charge is -2.32. The molecule has 2 aliphatic carbocycles. The molecule has 2 heterocycles. The molecular formula is C26H31ClN6S. The maximum Gasteiger partial charge on any atom is 0.116 e. The smallest absolute Gasteiger partial charge is 0.116 e. The zero-order valence-corrected chi connectivity index (χ0v) is 20.7. The van der Waals surface area contributed by atoms with Crippen molar-refractivity contribution in [2.45, 2.75) is 44.6 Å². The van der Waals surface area contributed by atoms with Crippen LogP contribution in [-0.2, 0) is 0 Å². The molecule has 3 fully saturated rings. The Morgan fingerprint density at radius 1 is 1.12 bits per heavy atom. The summed E-state index contributed by atoms with van der Waals surface area (Å²) in [5.41, 5.74) is 13.0. The molecule has 1 aromatic carbocycles. The first-order valence-corrected chi connectivity index (χ1v) is 13.2. The van der Waals surface area contributed by atoms with Crippen molar-refractivity contribution in [3.8, 4) is 0 Å². The second-order valence-electron chi connectivity index (χ2n) is 8.95. The fourth-order valence-corrected chi connectivity index (χ4v) is 4.94. The number of thiophene rings is 1. The van der Waals surface area contributed by atoms with Crippen LogP contribution in [0.5, 0.6) is 0 Å². The van der Waals surface area contributed by atoms with E-state index >= 15 is 0 Å². The first-order chi connectivity index (χ1) is 16.7. The number of para-hydroxylation sites is 1. The minimum Gasteiger partial charge on any atom is -0.403 e. The van der Waals surface area contributed by atoms with E-state index in [1.54, 1.807) is 23.8 Å². The Balaban J connectivity index is 1.28. The van der Waals surface area contributed by atoms with Crippen molar-refractivity contribution in [1.82, 2.24) is 16.0 Å². The SMILES string of the molecule is NC=C(C=Nc1cc(C(NC2CNC2)=C2CCC2)cs1)NC(Nc1ccccc1Cl)=C1CCC1. The fourth-order valence-electron chi connectivity index (χ4n) is 4.01. The second-order valence-corrected chi connectivity index (χ2v) is 10.2. The van der Waals surface area contributed by atoms with Crippen LogP contribution < -0.4 is 27.0 Å². The Hall–Kier alpha value is -2.74. The van der Waals surface area contributed by atoms with Crippen LogP contribution in [0.15, 0.2) is 69.6 Å². The first kappa shape index (κ1) is 23.0. The quantitative estimate of drug-likeness (QED) is 0.299. The second kappa shape index (κ2) is 10.7. The summed E-state index contributed by atoms with van der Waals surface area (Å²) in [5, 5.41) is 17.8. The first-order valence-electron chi connectivity index (χ1n) is 11.9. The van der Waals surface area contributed by atoms with E-state index in [-0.39, 0.29) is 0 Å². The lowest BCUT2D eigenvalue weighted by Crippen LogP contribution is -2.54. The molecule has 5 rings (SSSR count). The molecule has 0 atom stereocenters. The van der Waals surface area contributed by atoms with Gasteiger partial charge in [0.15, 0.2) is 0 Å². The largest absolute Gasteiger partial charge is 0.403 e. The van der Waals surface area contributed by atoms with Crippen LogP contribution in [0.1, 0.15) is 44.1 Å². The highest BCUT2D eigenvalue weighted by molar-refractivity contribution is 7.14. The average molecular weight is 495 g/mol. The fraction of sp³-hybridized carbons (Fsp3) is 0.346. The third kappa shape index (κ3) is 5.32. The Labute approximate surface area is 210 Å². The van der Waals surface area contributed by atoms with Gasteiger partial charge >= 0.3 is 0 Å². The van der Waals surface area contributed by atoms with E-state index in [2.05, 4.69) is 32.7 Å². The summed E-state index contributed by atoms with van der Waals surface area (Å²) in [6.45, 7) is 2.06. The van der Waals surface area contributed by atoms with Crippen molar-refractivity contribution in [2.75, 3.05) is 18.4 Å². The van der Waals surface area contributed by atoms with Gasteiger partial charge in [0.05, 0.1) is 28.7 Å². The number of rotatable bonds is 9. The van der Waals surface area contributed by atoms with Crippen LogP contribution in [0.25, 0.3) is 5.70 Å². The summed E-state index contributed by atoms with van der Waals surface area (Å²) in [5.74, 6) is 0.935. The lowest BCUT2D eigenvalue weighted by atomic mass is 9.88. The summed E-state index contributed by atoms with van der Waals surface area (Å²) >= 11 is 8.02. The highest BCUT2D eigenvalue weighted by Crippen LogP contribution is 2.36. The van der Waals surface area contributed by atoms with Crippen LogP contribution in [0.4, 0.5) is 10.7 Å². The van der Waals surface area contributed by atoms with Crippen LogP contribution >= 0.6 is 22.9 Å². The van der Waals surface area contributed by atoms with E-state index in [0.29, 0.717) is 11.1 Å². The van der Waals surface area contributed by atoms with Gasteiger partial charge in [-0.1, -0.05) is 23.7 Å². The number of hydrogen-bond donors (Lipinski definition) is 5. The molecule has 2 aromatic rings.